The summed E-state index contributed by atoms with van der Waals surface area (Å²) >= 11 is 4.19. The molecule has 0 fully saturated rings. The van der Waals surface area contributed by atoms with E-state index in [4.69, 9.17) is 0 Å². The van der Waals surface area contributed by atoms with Crippen LogP contribution in [0.2, 0.25) is 0 Å². The maximum absolute atomic E-state index is 4.50. The quantitative estimate of drug-likeness (QED) is 0.820. The van der Waals surface area contributed by atoms with E-state index in [0.29, 0.717) is 0 Å². The average molecular weight is 230 g/mol. The summed E-state index contributed by atoms with van der Waals surface area (Å²) in [5.74, 6) is 1.63. The van der Waals surface area contributed by atoms with Gasteiger partial charge in [0.15, 0.2) is 0 Å². The lowest BCUT2D eigenvalue weighted by molar-refractivity contribution is 0.953. The van der Waals surface area contributed by atoms with Crippen molar-refractivity contribution in [3.05, 3.63) is 47.9 Å². The molecule has 3 heteroatoms. The van der Waals surface area contributed by atoms with Crippen molar-refractivity contribution in [3.63, 3.8) is 0 Å². The highest BCUT2D eigenvalue weighted by Gasteiger charge is 2.01. The summed E-state index contributed by atoms with van der Waals surface area (Å²) in [5.41, 5.74) is 3.37. The highest BCUT2D eigenvalue weighted by molar-refractivity contribution is 7.80. The Balaban J connectivity index is 2.32. The first-order valence-corrected chi connectivity index (χ1v) is 5.92. The Labute approximate surface area is 101 Å². The summed E-state index contributed by atoms with van der Waals surface area (Å²) in [7, 11) is 0. The second-order valence-corrected chi connectivity index (χ2v) is 4.14. The van der Waals surface area contributed by atoms with Gasteiger partial charge in [-0.25, -0.2) is 9.97 Å². The molecule has 0 aliphatic rings. The second kappa shape index (κ2) is 5.12. The van der Waals surface area contributed by atoms with E-state index in [1.807, 2.05) is 6.07 Å². The average Bonchev–Trinajstić information content (AvgIpc) is 2.31. The summed E-state index contributed by atoms with van der Waals surface area (Å²) < 4.78 is 0. The van der Waals surface area contributed by atoms with E-state index < -0.39 is 0 Å². The van der Waals surface area contributed by atoms with Crippen molar-refractivity contribution in [1.82, 2.24) is 9.97 Å². The monoisotopic (exact) mass is 230 g/mol. The summed E-state index contributed by atoms with van der Waals surface area (Å²) in [6, 6.07) is 10.3. The van der Waals surface area contributed by atoms with Crippen molar-refractivity contribution < 1.29 is 0 Å². The Hall–Kier alpha value is -1.35. The number of hydrogen-bond acceptors (Lipinski definition) is 3. The highest BCUT2D eigenvalue weighted by Crippen LogP contribution is 2.16. The molecule has 0 saturated heterocycles. The number of thiol groups is 1. The first kappa shape index (κ1) is 11.1. The highest BCUT2D eigenvalue weighted by atomic mass is 32.1. The van der Waals surface area contributed by atoms with E-state index in [-0.39, 0.29) is 0 Å². The standard InChI is InChI=1S/C13H14N2S/c1-10-2-4-11(5-3-10)12-6-8-14-13(15-12)7-9-16/h2-6,8,16H,7,9H2,1H3. The minimum Gasteiger partial charge on any atom is -0.241 e. The zero-order valence-corrected chi connectivity index (χ0v) is 10.1. The van der Waals surface area contributed by atoms with Crippen LogP contribution in [-0.2, 0) is 6.42 Å². The second-order valence-electron chi connectivity index (χ2n) is 3.70. The molecule has 0 amide bonds. The summed E-state index contributed by atoms with van der Waals surface area (Å²) in [5, 5.41) is 0. The van der Waals surface area contributed by atoms with Gasteiger partial charge in [-0.2, -0.15) is 12.6 Å². The van der Waals surface area contributed by atoms with Gasteiger partial charge < -0.3 is 0 Å². The van der Waals surface area contributed by atoms with Crippen molar-refractivity contribution in [2.24, 2.45) is 0 Å². The van der Waals surface area contributed by atoms with Crippen molar-refractivity contribution in [2.45, 2.75) is 13.3 Å². The molecule has 1 aromatic heterocycles. The molecule has 1 heterocycles. The molecule has 2 aromatic rings. The third-order valence-corrected chi connectivity index (χ3v) is 2.61. The van der Waals surface area contributed by atoms with Gasteiger partial charge in [-0.05, 0) is 18.7 Å². The van der Waals surface area contributed by atoms with Crippen molar-refractivity contribution in [2.75, 3.05) is 5.75 Å². The Morgan fingerprint density at radius 2 is 1.88 bits per heavy atom. The van der Waals surface area contributed by atoms with E-state index in [9.17, 15) is 0 Å². The first-order valence-electron chi connectivity index (χ1n) is 5.29. The fourth-order valence-electron chi connectivity index (χ4n) is 1.50. The van der Waals surface area contributed by atoms with E-state index >= 15 is 0 Å². The van der Waals surface area contributed by atoms with E-state index in [0.717, 1.165) is 29.3 Å². The van der Waals surface area contributed by atoms with Gasteiger partial charge in [-0.1, -0.05) is 29.8 Å². The number of nitrogens with zero attached hydrogens (tertiary/aromatic N) is 2. The van der Waals surface area contributed by atoms with Crippen LogP contribution in [0.15, 0.2) is 36.5 Å². The predicted octanol–water partition coefficient (Wildman–Crippen LogP) is 2.92. The molecule has 0 aliphatic carbocycles. The van der Waals surface area contributed by atoms with Crippen LogP contribution in [0, 0.1) is 6.92 Å². The molecule has 2 rings (SSSR count). The molecular formula is C13H14N2S. The Morgan fingerprint density at radius 3 is 2.56 bits per heavy atom. The van der Waals surface area contributed by atoms with E-state index in [1.54, 1.807) is 6.20 Å². The van der Waals surface area contributed by atoms with Gasteiger partial charge in [0.25, 0.3) is 0 Å². The van der Waals surface area contributed by atoms with E-state index in [1.165, 1.54) is 5.56 Å². The Bertz CT molecular complexity index is 466. The molecule has 0 saturated carbocycles. The number of rotatable bonds is 3. The smallest absolute Gasteiger partial charge is 0.129 e. The van der Waals surface area contributed by atoms with Gasteiger partial charge in [-0.15, -0.1) is 0 Å². The van der Waals surface area contributed by atoms with E-state index in [2.05, 4.69) is 53.8 Å². The number of hydrogen-bond donors (Lipinski definition) is 1. The van der Waals surface area contributed by atoms with Crippen molar-refractivity contribution >= 4 is 12.6 Å². The number of aryl methyl sites for hydroxylation is 2. The van der Waals surface area contributed by atoms with Crippen LogP contribution < -0.4 is 0 Å². The fourth-order valence-corrected chi connectivity index (χ4v) is 1.70. The van der Waals surface area contributed by atoms with Gasteiger partial charge in [-0.3, -0.25) is 0 Å². The van der Waals surface area contributed by atoms with Gasteiger partial charge in [0.05, 0.1) is 5.69 Å². The number of benzene rings is 1. The van der Waals surface area contributed by atoms with Crippen LogP contribution in [-0.4, -0.2) is 15.7 Å². The molecule has 0 aliphatic heterocycles. The van der Waals surface area contributed by atoms with Gasteiger partial charge in [0.2, 0.25) is 0 Å². The topological polar surface area (TPSA) is 25.8 Å². The van der Waals surface area contributed by atoms with Crippen LogP contribution >= 0.6 is 12.6 Å². The normalized spacial score (nSPS) is 10.4. The molecule has 1 aromatic carbocycles. The summed E-state index contributed by atoms with van der Waals surface area (Å²) in [4.78, 5) is 8.71. The van der Waals surface area contributed by atoms with Crippen molar-refractivity contribution in [1.29, 1.82) is 0 Å². The van der Waals surface area contributed by atoms with Crippen LogP contribution in [0.25, 0.3) is 11.3 Å². The lowest BCUT2D eigenvalue weighted by Gasteiger charge is -2.03. The molecule has 0 atom stereocenters. The lowest BCUT2D eigenvalue weighted by Crippen LogP contribution is -1.97. The minimum atomic E-state index is 0.775. The minimum absolute atomic E-state index is 0.775. The number of aromatic nitrogens is 2. The van der Waals surface area contributed by atoms with Gasteiger partial charge in [0.1, 0.15) is 5.82 Å². The molecular weight excluding hydrogens is 216 g/mol. The third kappa shape index (κ3) is 2.61. The molecule has 0 unspecified atom stereocenters. The Morgan fingerprint density at radius 1 is 1.12 bits per heavy atom. The molecule has 0 spiro atoms. The summed E-state index contributed by atoms with van der Waals surface area (Å²) in [6.45, 7) is 2.08. The van der Waals surface area contributed by atoms with Crippen LogP contribution in [0.1, 0.15) is 11.4 Å². The zero-order chi connectivity index (χ0) is 11.4. The molecule has 0 N–H and O–H groups in total. The van der Waals surface area contributed by atoms with Crippen LogP contribution in [0.4, 0.5) is 0 Å². The molecule has 16 heavy (non-hydrogen) atoms. The zero-order valence-electron chi connectivity index (χ0n) is 9.22. The maximum Gasteiger partial charge on any atom is 0.129 e. The predicted molar refractivity (Wildman–Crippen MR) is 69.8 cm³/mol. The largest absolute Gasteiger partial charge is 0.241 e. The van der Waals surface area contributed by atoms with Crippen LogP contribution in [0.5, 0.6) is 0 Å². The molecule has 0 radical (unpaired) electrons. The molecule has 2 nitrogen and oxygen atoms in total. The summed E-state index contributed by atoms with van der Waals surface area (Å²) in [6.07, 6.45) is 2.61. The third-order valence-electron chi connectivity index (χ3n) is 2.39. The first-order chi connectivity index (χ1) is 7.79. The lowest BCUT2D eigenvalue weighted by atomic mass is 10.1. The Kier molecular flexibility index (Phi) is 3.57. The molecule has 0 bridgehead atoms. The van der Waals surface area contributed by atoms with Crippen LogP contribution in [0.3, 0.4) is 0 Å². The van der Waals surface area contributed by atoms with Crippen molar-refractivity contribution in [3.8, 4) is 11.3 Å². The van der Waals surface area contributed by atoms with Gasteiger partial charge in [0, 0.05) is 18.2 Å². The SMILES string of the molecule is Cc1ccc(-c2ccnc(CCS)n2)cc1. The molecule has 82 valence electrons. The fraction of sp³-hybridized carbons (Fsp3) is 0.231. The van der Waals surface area contributed by atoms with Gasteiger partial charge >= 0.3 is 0 Å². The maximum atomic E-state index is 4.50.